The van der Waals surface area contributed by atoms with Gasteiger partial charge in [-0.2, -0.15) is 0 Å². The van der Waals surface area contributed by atoms with Crippen molar-refractivity contribution in [3.63, 3.8) is 0 Å². The van der Waals surface area contributed by atoms with E-state index in [1.54, 1.807) is 18.4 Å². The Hall–Kier alpha value is -1.86. The predicted octanol–water partition coefficient (Wildman–Crippen LogP) is 3.55. The summed E-state index contributed by atoms with van der Waals surface area (Å²) in [5.74, 6) is 1.61. The van der Waals surface area contributed by atoms with Crippen LogP contribution in [0.2, 0.25) is 0 Å². The number of carbonyl (C=O) groups is 1. The summed E-state index contributed by atoms with van der Waals surface area (Å²) in [4.78, 5) is 20.1. The van der Waals surface area contributed by atoms with Crippen LogP contribution >= 0.6 is 11.3 Å². The van der Waals surface area contributed by atoms with Gasteiger partial charge in [0.15, 0.2) is 0 Å². The third-order valence-corrected chi connectivity index (χ3v) is 5.35. The number of nitrogens with one attached hydrogen (secondary N) is 1. The number of amides is 2. The maximum absolute atomic E-state index is 12.6. The lowest BCUT2D eigenvalue weighted by Crippen LogP contribution is -2.39. The van der Waals surface area contributed by atoms with Crippen LogP contribution in [0.3, 0.4) is 0 Å². The van der Waals surface area contributed by atoms with Crippen LogP contribution in [0.4, 0.5) is 4.79 Å². The molecule has 0 aliphatic carbocycles. The first-order valence-electron chi connectivity index (χ1n) is 8.13. The molecule has 3 rings (SSSR count). The van der Waals surface area contributed by atoms with Crippen LogP contribution < -0.4 is 5.32 Å². The number of hydrogen-bond donors (Lipinski definition) is 1. The minimum absolute atomic E-state index is 0.00428. The lowest BCUT2D eigenvalue weighted by molar-refractivity contribution is 0.156. The van der Waals surface area contributed by atoms with Crippen molar-refractivity contribution in [2.24, 2.45) is 0 Å². The van der Waals surface area contributed by atoms with Gasteiger partial charge in [0.05, 0.1) is 18.3 Å². The first-order valence-corrected chi connectivity index (χ1v) is 8.95. The second-order valence-corrected chi connectivity index (χ2v) is 7.28. The quantitative estimate of drug-likeness (QED) is 0.896. The normalized spacial score (nSPS) is 17.5. The molecule has 6 nitrogen and oxygen atoms in total. The van der Waals surface area contributed by atoms with Gasteiger partial charge in [-0.25, -0.2) is 9.78 Å². The Morgan fingerprint density at radius 3 is 3.04 bits per heavy atom. The van der Waals surface area contributed by atoms with E-state index in [1.165, 1.54) is 4.88 Å². The zero-order valence-electron chi connectivity index (χ0n) is 14.3. The molecule has 0 spiro atoms. The van der Waals surface area contributed by atoms with Crippen molar-refractivity contribution in [3.05, 3.63) is 39.2 Å². The Kier molecular flexibility index (Phi) is 5.20. The number of carbonyl (C=O) groups excluding carboxylic acids is 1. The number of nitrogens with zero attached hydrogens (tertiary/aromatic N) is 2. The minimum atomic E-state index is -0.0623. The van der Waals surface area contributed by atoms with E-state index in [4.69, 9.17) is 9.15 Å². The van der Waals surface area contributed by atoms with E-state index in [0.717, 1.165) is 41.6 Å². The van der Waals surface area contributed by atoms with Crippen molar-refractivity contribution < 1.29 is 13.9 Å². The Labute approximate surface area is 145 Å². The molecular formula is C17H23N3O3S. The minimum Gasteiger partial charge on any atom is -0.461 e. The molecule has 2 amide bonds. The summed E-state index contributed by atoms with van der Waals surface area (Å²) >= 11 is 1.63. The molecule has 2 aromatic rings. The molecule has 0 radical (unpaired) electrons. The highest BCUT2D eigenvalue weighted by Gasteiger charge is 2.32. The Bertz CT molecular complexity index is 690. The highest BCUT2D eigenvalue weighted by molar-refractivity contribution is 7.11. The molecule has 1 N–H and O–H groups in total. The Balaban J connectivity index is 1.62. The van der Waals surface area contributed by atoms with Gasteiger partial charge in [-0.3, -0.25) is 0 Å². The Morgan fingerprint density at radius 2 is 2.33 bits per heavy atom. The number of urea groups is 1. The van der Waals surface area contributed by atoms with Crippen molar-refractivity contribution in [1.82, 2.24) is 15.2 Å². The lowest BCUT2D eigenvalue weighted by Gasteiger charge is -2.23. The molecule has 3 heterocycles. The van der Waals surface area contributed by atoms with Gasteiger partial charge in [-0.05, 0) is 38.8 Å². The fourth-order valence-corrected chi connectivity index (χ4v) is 3.84. The maximum atomic E-state index is 12.6. The molecule has 1 aliphatic heterocycles. The summed E-state index contributed by atoms with van der Waals surface area (Å²) in [7, 11) is 1.64. The van der Waals surface area contributed by atoms with Crippen LogP contribution in [0.5, 0.6) is 0 Å². The molecule has 0 aromatic carbocycles. The average Bonchev–Trinajstić information content (AvgIpc) is 3.26. The van der Waals surface area contributed by atoms with Gasteiger partial charge in [0.25, 0.3) is 0 Å². The molecule has 7 heteroatoms. The lowest BCUT2D eigenvalue weighted by atomic mass is 10.2. The SMILES string of the molecule is COCc1ccc([C@@H]2CCCN2C(=O)NCc2nc(C)c(C)s2)o1. The molecule has 24 heavy (non-hydrogen) atoms. The first kappa shape index (κ1) is 17.0. The summed E-state index contributed by atoms with van der Waals surface area (Å²) in [6.45, 7) is 5.69. The number of aromatic nitrogens is 1. The first-order chi connectivity index (χ1) is 11.6. The summed E-state index contributed by atoms with van der Waals surface area (Å²) in [5, 5.41) is 3.92. The third-order valence-electron chi connectivity index (χ3n) is 4.27. The summed E-state index contributed by atoms with van der Waals surface area (Å²) in [5.41, 5.74) is 1.03. The van der Waals surface area contributed by atoms with Crippen molar-refractivity contribution in [2.75, 3.05) is 13.7 Å². The largest absolute Gasteiger partial charge is 0.461 e. The van der Waals surface area contributed by atoms with E-state index in [-0.39, 0.29) is 12.1 Å². The molecule has 1 saturated heterocycles. The van der Waals surface area contributed by atoms with Crippen LogP contribution in [0, 0.1) is 13.8 Å². The highest BCUT2D eigenvalue weighted by atomic mass is 32.1. The monoisotopic (exact) mass is 349 g/mol. The molecule has 1 aliphatic rings. The second kappa shape index (κ2) is 7.36. The van der Waals surface area contributed by atoms with E-state index < -0.39 is 0 Å². The van der Waals surface area contributed by atoms with Crippen LogP contribution in [-0.4, -0.2) is 29.6 Å². The highest BCUT2D eigenvalue weighted by Crippen LogP contribution is 2.33. The number of ether oxygens (including phenoxy) is 1. The maximum Gasteiger partial charge on any atom is 0.318 e. The van der Waals surface area contributed by atoms with Gasteiger partial charge in [-0.15, -0.1) is 11.3 Å². The van der Waals surface area contributed by atoms with Gasteiger partial charge in [0, 0.05) is 18.5 Å². The van der Waals surface area contributed by atoms with E-state index in [0.29, 0.717) is 13.2 Å². The van der Waals surface area contributed by atoms with Gasteiger partial charge < -0.3 is 19.4 Å². The molecule has 0 bridgehead atoms. The molecule has 0 unspecified atom stereocenters. The number of hydrogen-bond acceptors (Lipinski definition) is 5. The number of methoxy groups -OCH3 is 1. The topological polar surface area (TPSA) is 67.6 Å². The predicted molar refractivity (Wildman–Crippen MR) is 91.9 cm³/mol. The van der Waals surface area contributed by atoms with E-state index in [1.807, 2.05) is 30.9 Å². The molecule has 1 fully saturated rings. The average molecular weight is 349 g/mol. The van der Waals surface area contributed by atoms with Crippen molar-refractivity contribution in [3.8, 4) is 0 Å². The zero-order valence-corrected chi connectivity index (χ0v) is 15.1. The van der Waals surface area contributed by atoms with Crippen molar-refractivity contribution in [1.29, 1.82) is 0 Å². The van der Waals surface area contributed by atoms with E-state index in [2.05, 4.69) is 10.3 Å². The standard InChI is InChI=1S/C17H23N3O3S/c1-11-12(2)24-16(19-11)9-18-17(21)20-8-4-5-14(20)15-7-6-13(23-15)10-22-3/h6-7,14H,4-5,8-10H2,1-3H3,(H,18,21)/t14-/m0/s1. The summed E-state index contributed by atoms with van der Waals surface area (Å²) < 4.78 is 10.9. The van der Waals surface area contributed by atoms with Gasteiger partial charge in [-0.1, -0.05) is 0 Å². The Morgan fingerprint density at radius 1 is 1.50 bits per heavy atom. The number of rotatable bonds is 5. The summed E-state index contributed by atoms with van der Waals surface area (Å²) in [6, 6.07) is 3.79. The van der Waals surface area contributed by atoms with Crippen LogP contribution in [0.15, 0.2) is 16.5 Å². The number of thiazole rings is 1. The number of furan rings is 1. The molecule has 130 valence electrons. The fourth-order valence-electron chi connectivity index (χ4n) is 2.97. The number of likely N-dealkylation sites (tertiary alicyclic amines) is 1. The van der Waals surface area contributed by atoms with Crippen LogP contribution in [0.25, 0.3) is 0 Å². The smallest absolute Gasteiger partial charge is 0.318 e. The molecule has 1 atom stereocenters. The number of aryl methyl sites for hydroxylation is 2. The zero-order chi connectivity index (χ0) is 17.1. The summed E-state index contributed by atoms with van der Waals surface area (Å²) in [6.07, 6.45) is 1.90. The van der Waals surface area contributed by atoms with Crippen molar-refractivity contribution in [2.45, 2.75) is 45.9 Å². The third kappa shape index (κ3) is 3.62. The van der Waals surface area contributed by atoms with Crippen LogP contribution in [-0.2, 0) is 17.9 Å². The van der Waals surface area contributed by atoms with Gasteiger partial charge >= 0.3 is 6.03 Å². The molecule has 0 saturated carbocycles. The van der Waals surface area contributed by atoms with Crippen molar-refractivity contribution >= 4 is 17.4 Å². The van der Waals surface area contributed by atoms with Crippen LogP contribution in [0.1, 0.15) is 46.0 Å². The fraction of sp³-hybridized carbons (Fsp3) is 0.529. The molecular weight excluding hydrogens is 326 g/mol. The van der Waals surface area contributed by atoms with E-state index in [9.17, 15) is 4.79 Å². The van der Waals surface area contributed by atoms with E-state index >= 15 is 0 Å². The van der Waals surface area contributed by atoms with Gasteiger partial charge in [0.1, 0.15) is 23.1 Å². The van der Waals surface area contributed by atoms with Gasteiger partial charge in [0.2, 0.25) is 0 Å². The molecule has 2 aromatic heterocycles. The second-order valence-electron chi connectivity index (χ2n) is 6.00.